The van der Waals surface area contributed by atoms with Gasteiger partial charge in [0.25, 0.3) is 0 Å². The van der Waals surface area contributed by atoms with Crippen molar-refractivity contribution in [3.8, 4) is 0 Å². The normalized spacial score (nSPS) is 11.3. The molecule has 0 amide bonds. The van der Waals surface area contributed by atoms with Crippen LogP contribution in [0, 0.1) is 0 Å². The number of fused-ring (bicyclic) bond motifs is 1. The topological polar surface area (TPSA) is 50.9 Å². The molecule has 0 fully saturated rings. The van der Waals surface area contributed by atoms with Crippen molar-refractivity contribution >= 4 is 22.4 Å². The maximum absolute atomic E-state index is 9.43. The lowest BCUT2D eigenvalue weighted by Crippen LogP contribution is -1.99. The molecule has 0 unspecified atom stereocenters. The fraction of sp³-hybridized carbons (Fsp3) is 0.333. The molecule has 3 aromatic rings. The molecule has 0 spiro atoms. The molecule has 5 heteroatoms. The fourth-order valence-corrected chi connectivity index (χ4v) is 3.26. The van der Waals surface area contributed by atoms with Crippen LogP contribution in [0.3, 0.4) is 0 Å². The van der Waals surface area contributed by atoms with Crippen LogP contribution in [0.15, 0.2) is 29.9 Å². The summed E-state index contributed by atoms with van der Waals surface area (Å²) in [5, 5.41) is 13.7. The van der Waals surface area contributed by atoms with Gasteiger partial charge >= 0.3 is 0 Å². The smallest absolute Gasteiger partial charge is 0.140 e. The van der Waals surface area contributed by atoms with E-state index in [0.29, 0.717) is 6.54 Å². The van der Waals surface area contributed by atoms with Gasteiger partial charge in [-0.05, 0) is 25.0 Å². The van der Waals surface area contributed by atoms with Gasteiger partial charge in [0.2, 0.25) is 0 Å². The summed E-state index contributed by atoms with van der Waals surface area (Å²) < 4.78 is 2.06. The van der Waals surface area contributed by atoms with Crippen molar-refractivity contribution in [2.24, 2.45) is 0 Å². The molecule has 0 aliphatic carbocycles. The van der Waals surface area contributed by atoms with E-state index in [4.69, 9.17) is 0 Å². The van der Waals surface area contributed by atoms with E-state index in [0.717, 1.165) is 35.1 Å². The summed E-state index contributed by atoms with van der Waals surface area (Å²) in [6.45, 7) is 2.90. The lowest BCUT2D eigenvalue weighted by atomic mass is 10.2. The Balaban J connectivity index is 1.93. The Morgan fingerprint density at radius 3 is 3.10 bits per heavy atom. The summed E-state index contributed by atoms with van der Waals surface area (Å²) in [5.74, 6) is 0. The van der Waals surface area contributed by atoms with Gasteiger partial charge in [-0.2, -0.15) is 0 Å². The summed E-state index contributed by atoms with van der Waals surface area (Å²) >= 11 is 1.72. The minimum atomic E-state index is 0.0351. The van der Waals surface area contributed by atoms with Gasteiger partial charge in [-0.15, -0.1) is 11.3 Å². The number of nitrogens with zero attached hydrogens (tertiary/aromatic N) is 3. The molecule has 0 saturated carbocycles. The number of pyridine rings is 1. The van der Waals surface area contributed by atoms with Crippen molar-refractivity contribution in [1.29, 1.82) is 0 Å². The summed E-state index contributed by atoms with van der Waals surface area (Å²) in [5.41, 5.74) is 2.88. The van der Waals surface area contributed by atoms with Gasteiger partial charge in [0.05, 0.1) is 23.9 Å². The first kappa shape index (κ1) is 13.3. The first-order chi connectivity index (χ1) is 9.81. The number of thiazole rings is 1. The molecule has 4 nitrogen and oxygen atoms in total. The Hall–Kier alpha value is -1.72. The highest BCUT2D eigenvalue weighted by molar-refractivity contribution is 7.09. The minimum Gasteiger partial charge on any atom is -0.392 e. The van der Waals surface area contributed by atoms with Crippen LogP contribution in [0.25, 0.3) is 11.0 Å². The van der Waals surface area contributed by atoms with Gasteiger partial charge in [0, 0.05) is 28.7 Å². The molecule has 0 atom stereocenters. The van der Waals surface area contributed by atoms with Gasteiger partial charge < -0.3 is 9.67 Å². The van der Waals surface area contributed by atoms with Gasteiger partial charge in [-0.1, -0.05) is 6.92 Å². The number of aromatic nitrogens is 3. The summed E-state index contributed by atoms with van der Waals surface area (Å²) in [7, 11) is 0. The Kier molecular flexibility index (Phi) is 3.80. The molecule has 0 aliphatic heterocycles. The molecule has 3 heterocycles. The highest BCUT2D eigenvalue weighted by Gasteiger charge is 2.10. The lowest BCUT2D eigenvalue weighted by Gasteiger charge is -2.01. The van der Waals surface area contributed by atoms with Crippen molar-refractivity contribution in [3.05, 3.63) is 46.2 Å². The Labute approximate surface area is 121 Å². The van der Waals surface area contributed by atoms with Crippen molar-refractivity contribution in [2.45, 2.75) is 32.9 Å². The van der Waals surface area contributed by atoms with Gasteiger partial charge in [0.15, 0.2) is 0 Å². The highest BCUT2D eigenvalue weighted by Crippen LogP contribution is 2.21. The van der Waals surface area contributed by atoms with Gasteiger partial charge in [0.1, 0.15) is 5.65 Å². The molecule has 104 valence electrons. The van der Waals surface area contributed by atoms with E-state index in [-0.39, 0.29) is 6.61 Å². The molecule has 0 aromatic carbocycles. The second-order valence-corrected chi connectivity index (χ2v) is 5.74. The van der Waals surface area contributed by atoms with E-state index in [1.54, 1.807) is 17.5 Å². The molecule has 0 saturated heterocycles. The van der Waals surface area contributed by atoms with E-state index in [2.05, 4.69) is 26.8 Å². The van der Waals surface area contributed by atoms with Crippen LogP contribution in [0.4, 0.5) is 0 Å². The highest BCUT2D eigenvalue weighted by atomic mass is 32.1. The largest absolute Gasteiger partial charge is 0.392 e. The Morgan fingerprint density at radius 1 is 1.40 bits per heavy atom. The summed E-state index contributed by atoms with van der Waals surface area (Å²) in [6.07, 6.45) is 5.91. The van der Waals surface area contributed by atoms with E-state index >= 15 is 0 Å². The number of hydrogen-bond acceptors (Lipinski definition) is 4. The predicted octanol–water partition coefficient (Wildman–Crippen LogP) is 2.99. The number of aryl methyl sites for hydroxylation is 1. The molecule has 0 bridgehead atoms. The molecule has 0 aliphatic rings. The molecule has 1 N–H and O–H groups in total. The quantitative estimate of drug-likeness (QED) is 0.785. The molecular formula is C15H17N3OS. The fourth-order valence-electron chi connectivity index (χ4n) is 2.37. The third-order valence-electron chi connectivity index (χ3n) is 3.28. The van der Waals surface area contributed by atoms with E-state index in [1.165, 1.54) is 5.01 Å². The monoisotopic (exact) mass is 287 g/mol. The Bertz CT molecular complexity index is 717. The van der Waals surface area contributed by atoms with Gasteiger partial charge in [-0.25, -0.2) is 9.97 Å². The van der Waals surface area contributed by atoms with Crippen molar-refractivity contribution in [1.82, 2.24) is 14.5 Å². The second-order valence-electron chi connectivity index (χ2n) is 4.80. The van der Waals surface area contributed by atoms with Crippen molar-refractivity contribution < 1.29 is 5.11 Å². The van der Waals surface area contributed by atoms with Gasteiger partial charge in [-0.3, -0.25) is 0 Å². The molecule has 3 rings (SSSR count). The number of hydrogen-bond donors (Lipinski definition) is 1. The second kappa shape index (κ2) is 5.73. The van der Waals surface area contributed by atoms with E-state index < -0.39 is 0 Å². The van der Waals surface area contributed by atoms with Crippen molar-refractivity contribution in [3.63, 3.8) is 0 Å². The first-order valence-electron chi connectivity index (χ1n) is 6.78. The third kappa shape index (κ3) is 2.46. The molecular weight excluding hydrogens is 270 g/mol. The number of rotatable bonds is 5. The maximum atomic E-state index is 9.43. The van der Waals surface area contributed by atoms with Crippen LogP contribution in [0.1, 0.15) is 29.6 Å². The zero-order valence-corrected chi connectivity index (χ0v) is 12.2. The van der Waals surface area contributed by atoms with Crippen LogP contribution < -0.4 is 0 Å². The predicted molar refractivity (Wildman–Crippen MR) is 80.9 cm³/mol. The van der Waals surface area contributed by atoms with Crippen LogP contribution >= 0.6 is 11.3 Å². The molecule has 0 radical (unpaired) electrons. The van der Waals surface area contributed by atoms with Crippen LogP contribution in [0.2, 0.25) is 0 Å². The first-order valence-corrected chi connectivity index (χ1v) is 7.66. The summed E-state index contributed by atoms with van der Waals surface area (Å²) in [4.78, 5) is 9.06. The average molecular weight is 287 g/mol. The number of aliphatic hydroxyl groups is 1. The molecule has 20 heavy (non-hydrogen) atoms. The average Bonchev–Trinajstić information content (AvgIpc) is 3.05. The molecule has 3 aromatic heterocycles. The Morgan fingerprint density at radius 2 is 2.30 bits per heavy atom. The van der Waals surface area contributed by atoms with Crippen molar-refractivity contribution in [2.75, 3.05) is 0 Å². The van der Waals surface area contributed by atoms with E-state index in [9.17, 15) is 5.11 Å². The third-order valence-corrected chi connectivity index (χ3v) is 4.24. The summed E-state index contributed by atoms with van der Waals surface area (Å²) in [6, 6.07) is 3.89. The van der Waals surface area contributed by atoms with E-state index in [1.807, 2.05) is 18.3 Å². The van der Waals surface area contributed by atoms with Crippen LogP contribution in [-0.2, 0) is 19.6 Å². The maximum Gasteiger partial charge on any atom is 0.140 e. The standard InChI is InChI=1S/C15H17N3OS/c1-2-4-14-17-12(10-20-14)8-18-7-11(9-19)13-5-3-6-16-15(13)18/h3,5-7,10,19H,2,4,8-9H2,1H3. The van der Waals surface area contributed by atoms with Crippen LogP contribution in [-0.4, -0.2) is 19.6 Å². The minimum absolute atomic E-state index is 0.0351. The SMILES string of the molecule is CCCc1nc(Cn2cc(CO)c3cccnc32)cs1. The lowest BCUT2D eigenvalue weighted by molar-refractivity contribution is 0.283. The zero-order valence-electron chi connectivity index (χ0n) is 11.4. The van der Waals surface area contributed by atoms with Crippen LogP contribution in [0.5, 0.6) is 0 Å². The number of aliphatic hydroxyl groups excluding tert-OH is 1. The zero-order chi connectivity index (χ0) is 13.9.